The number of aliphatic hydroxyl groups excluding tert-OH is 1. The van der Waals surface area contributed by atoms with Crippen LogP contribution in [0.25, 0.3) is 0 Å². The molecule has 0 unspecified atom stereocenters. The summed E-state index contributed by atoms with van der Waals surface area (Å²) in [5.41, 5.74) is 0. The van der Waals surface area contributed by atoms with Crippen molar-refractivity contribution >= 4 is 11.6 Å². The summed E-state index contributed by atoms with van der Waals surface area (Å²) in [5, 5.41) is 9.40. The Kier molecular flexibility index (Phi) is 4.66. The van der Waals surface area contributed by atoms with E-state index in [1.807, 2.05) is 24.3 Å². The van der Waals surface area contributed by atoms with E-state index in [9.17, 15) is 0 Å². The number of hydrogen-bond donors (Lipinski definition) is 1. The standard InChI is InChI=1S/C13H18ClNO2/c14-11-4-3-5-12(8-11)17-13-9-15(10-13)6-1-2-7-16/h3-5,8,13,16H,1-2,6-7,9-10H2. The number of unbranched alkanes of at least 4 members (excludes halogenated alkanes) is 1. The normalized spacial score (nSPS) is 16.8. The number of aliphatic hydroxyl groups is 1. The number of nitrogens with zero attached hydrogens (tertiary/aromatic N) is 1. The van der Waals surface area contributed by atoms with Gasteiger partial charge in [-0.15, -0.1) is 0 Å². The molecular weight excluding hydrogens is 238 g/mol. The smallest absolute Gasteiger partial charge is 0.124 e. The number of hydrogen-bond acceptors (Lipinski definition) is 3. The minimum Gasteiger partial charge on any atom is -0.488 e. The first-order chi connectivity index (χ1) is 8.28. The highest BCUT2D eigenvalue weighted by atomic mass is 35.5. The van der Waals surface area contributed by atoms with Crippen molar-refractivity contribution in [3.63, 3.8) is 0 Å². The van der Waals surface area contributed by atoms with E-state index in [1.54, 1.807) is 0 Å². The fourth-order valence-electron chi connectivity index (χ4n) is 1.96. The van der Waals surface area contributed by atoms with Gasteiger partial charge in [0, 0.05) is 24.7 Å². The number of benzene rings is 1. The van der Waals surface area contributed by atoms with Gasteiger partial charge in [-0.1, -0.05) is 17.7 Å². The summed E-state index contributed by atoms with van der Waals surface area (Å²) < 4.78 is 5.79. The molecule has 1 aromatic rings. The second-order valence-electron chi connectivity index (χ2n) is 4.39. The zero-order valence-corrected chi connectivity index (χ0v) is 10.6. The van der Waals surface area contributed by atoms with Crippen molar-refractivity contribution in [3.8, 4) is 5.75 Å². The van der Waals surface area contributed by atoms with Crippen molar-refractivity contribution < 1.29 is 9.84 Å². The van der Waals surface area contributed by atoms with Crippen LogP contribution >= 0.6 is 11.6 Å². The molecule has 1 fully saturated rings. The SMILES string of the molecule is OCCCCN1CC(Oc2cccc(Cl)c2)C1. The van der Waals surface area contributed by atoms with Gasteiger partial charge in [0.2, 0.25) is 0 Å². The van der Waals surface area contributed by atoms with Crippen LogP contribution in [0.2, 0.25) is 5.02 Å². The molecule has 1 aliphatic heterocycles. The predicted octanol–water partition coefficient (Wildman–Crippen LogP) is 2.18. The molecule has 0 spiro atoms. The number of rotatable bonds is 6. The Bertz CT molecular complexity index is 353. The first-order valence-corrected chi connectivity index (χ1v) is 6.41. The van der Waals surface area contributed by atoms with Gasteiger partial charge in [0.1, 0.15) is 11.9 Å². The molecule has 1 saturated heterocycles. The molecule has 1 heterocycles. The van der Waals surface area contributed by atoms with Crippen LogP contribution in [0, 0.1) is 0 Å². The fraction of sp³-hybridized carbons (Fsp3) is 0.538. The Balaban J connectivity index is 1.67. The molecule has 0 atom stereocenters. The van der Waals surface area contributed by atoms with Gasteiger partial charge in [-0.2, -0.15) is 0 Å². The Morgan fingerprint density at radius 3 is 2.88 bits per heavy atom. The molecule has 0 aliphatic carbocycles. The highest BCUT2D eigenvalue weighted by Crippen LogP contribution is 2.21. The van der Waals surface area contributed by atoms with E-state index >= 15 is 0 Å². The van der Waals surface area contributed by atoms with E-state index < -0.39 is 0 Å². The highest BCUT2D eigenvalue weighted by molar-refractivity contribution is 6.30. The lowest BCUT2D eigenvalue weighted by atomic mass is 10.1. The van der Waals surface area contributed by atoms with E-state index in [-0.39, 0.29) is 12.7 Å². The Morgan fingerprint density at radius 1 is 1.35 bits per heavy atom. The minimum atomic E-state index is 0.280. The molecule has 1 aromatic carbocycles. The lowest BCUT2D eigenvalue weighted by molar-refractivity contribution is 0.0185. The summed E-state index contributed by atoms with van der Waals surface area (Å²) in [4.78, 5) is 2.34. The van der Waals surface area contributed by atoms with Crippen molar-refractivity contribution in [1.82, 2.24) is 4.90 Å². The molecule has 0 amide bonds. The van der Waals surface area contributed by atoms with Gasteiger partial charge in [-0.05, 0) is 37.6 Å². The van der Waals surface area contributed by atoms with Crippen LogP contribution in [-0.4, -0.2) is 42.4 Å². The van der Waals surface area contributed by atoms with Gasteiger partial charge in [-0.3, -0.25) is 4.90 Å². The first-order valence-electron chi connectivity index (χ1n) is 6.03. The van der Waals surface area contributed by atoms with Crippen LogP contribution < -0.4 is 4.74 Å². The summed E-state index contributed by atoms with van der Waals surface area (Å²) >= 11 is 5.89. The van der Waals surface area contributed by atoms with Gasteiger partial charge in [-0.25, -0.2) is 0 Å². The Hall–Kier alpha value is -0.770. The van der Waals surface area contributed by atoms with Gasteiger partial charge in [0.25, 0.3) is 0 Å². The van der Waals surface area contributed by atoms with Gasteiger partial charge in [0.05, 0.1) is 0 Å². The molecule has 2 rings (SSSR count). The molecule has 4 heteroatoms. The predicted molar refractivity (Wildman–Crippen MR) is 68.6 cm³/mol. The van der Waals surface area contributed by atoms with E-state index in [4.69, 9.17) is 21.4 Å². The van der Waals surface area contributed by atoms with Gasteiger partial charge in [0.15, 0.2) is 0 Å². The molecule has 0 saturated carbocycles. The van der Waals surface area contributed by atoms with Crippen molar-refractivity contribution in [3.05, 3.63) is 29.3 Å². The maximum absolute atomic E-state index is 8.69. The second kappa shape index (κ2) is 6.24. The second-order valence-corrected chi connectivity index (χ2v) is 4.82. The molecule has 0 radical (unpaired) electrons. The maximum Gasteiger partial charge on any atom is 0.124 e. The van der Waals surface area contributed by atoms with E-state index in [0.717, 1.165) is 38.2 Å². The van der Waals surface area contributed by atoms with E-state index in [1.165, 1.54) is 0 Å². The van der Waals surface area contributed by atoms with Crippen molar-refractivity contribution in [2.45, 2.75) is 18.9 Å². The Morgan fingerprint density at radius 2 is 2.18 bits per heavy atom. The molecule has 1 aliphatic rings. The molecule has 17 heavy (non-hydrogen) atoms. The quantitative estimate of drug-likeness (QED) is 0.791. The van der Waals surface area contributed by atoms with Crippen LogP contribution in [-0.2, 0) is 0 Å². The molecule has 94 valence electrons. The molecule has 0 bridgehead atoms. The largest absolute Gasteiger partial charge is 0.488 e. The fourth-order valence-corrected chi connectivity index (χ4v) is 2.14. The zero-order valence-electron chi connectivity index (χ0n) is 9.81. The summed E-state index contributed by atoms with van der Waals surface area (Å²) in [6.07, 6.45) is 2.22. The van der Waals surface area contributed by atoms with Gasteiger partial charge < -0.3 is 9.84 Å². The van der Waals surface area contributed by atoms with Crippen LogP contribution in [0.1, 0.15) is 12.8 Å². The zero-order chi connectivity index (χ0) is 12.1. The molecular formula is C13H18ClNO2. The van der Waals surface area contributed by atoms with Crippen LogP contribution in [0.3, 0.4) is 0 Å². The molecule has 3 nitrogen and oxygen atoms in total. The van der Waals surface area contributed by atoms with Crippen LogP contribution in [0.5, 0.6) is 5.75 Å². The first kappa shape index (κ1) is 12.7. The van der Waals surface area contributed by atoms with E-state index in [2.05, 4.69) is 4.90 Å². The highest BCUT2D eigenvalue weighted by Gasteiger charge is 2.27. The molecule has 1 N–H and O–H groups in total. The van der Waals surface area contributed by atoms with Crippen molar-refractivity contribution in [1.29, 1.82) is 0 Å². The number of likely N-dealkylation sites (tertiary alicyclic amines) is 1. The average Bonchev–Trinajstić information content (AvgIpc) is 2.26. The Labute approximate surface area is 107 Å². The summed E-state index contributed by atoms with van der Waals surface area (Å²) in [7, 11) is 0. The monoisotopic (exact) mass is 255 g/mol. The van der Waals surface area contributed by atoms with Crippen molar-refractivity contribution in [2.75, 3.05) is 26.2 Å². The van der Waals surface area contributed by atoms with Crippen LogP contribution in [0.15, 0.2) is 24.3 Å². The minimum absolute atomic E-state index is 0.280. The number of ether oxygens (including phenoxy) is 1. The molecule has 0 aromatic heterocycles. The lowest BCUT2D eigenvalue weighted by Crippen LogP contribution is -2.53. The summed E-state index contributed by atoms with van der Waals surface area (Å²) in [6, 6.07) is 7.52. The third-order valence-corrected chi connectivity index (χ3v) is 3.14. The van der Waals surface area contributed by atoms with Gasteiger partial charge >= 0.3 is 0 Å². The topological polar surface area (TPSA) is 32.7 Å². The third kappa shape index (κ3) is 3.87. The average molecular weight is 256 g/mol. The van der Waals surface area contributed by atoms with Crippen molar-refractivity contribution in [2.24, 2.45) is 0 Å². The van der Waals surface area contributed by atoms with Crippen LogP contribution in [0.4, 0.5) is 0 Å². The summed E-state index contributed by atoms with van der Waals surface area (Å²) in [6.45, 7) is 3.28. The van der Waals surface area contributed by atoms with E-state index in [0.29, 0.717) is 5.02 Å². The lowest BCUT2D eigenvalue weighted by Gasteiger charge is -2.39. The number of halogens is 1. The maximum atomic E-state index is 8.69. The third-order valence-electron chi connectivity index (χ3n) is 2.90. The summed E-state index contributed by atoms with van der Waals surface area (Å²) in [5.74, 6) is 0.845.